The predicted octanol–water partition coefficient (Wildman–Crippen LogP) is 2.12. The van der Waals surface area contributed by atoms with Gasteiger partial charge in [-0.1, -0.05) is 6.07 Å². The molecule has 2 aromatic rings. The normalized spacial score (nSPS) is 11.7. The predicted molar refractivity (Wildman–Crippen MR) is 102 cm³/mol. The summed E-state index contributed by atoms with van der Waals surface area (Å²) in [5, 5.41) is 7.22. The summed E-state index contributed by atoms with van der Waals surface area (Å²) >= 11 is 1.61. The molecule has 2 amide bonds. The van der Waals surface area contributed by atoms with E-state index >= 15 is 0 Å². The van der Waals surface area contributed by atoms with Crippen LogP contribution >= 0.6 is 11.3 Å². The van der Waals surface area contributed by atoms with E-state index in [0.29, 0.717) is 23.7 Å². The van der Waals surface area contributed by atoms with Crippen LogP contribution in [0.5, 0.6) is 11.5 Å². The lowest BCUT2D eigenvalue weighted by Gasteiger charge is -2.23. The van der Waals surface area contributed by atoms with Gasteiger partial charge in [0.25, 0.3) is 0 Å². The molecule has 0 aliphatic carbocycles. The van der Waals surface area contributed by atoms with E-state index in [2.05, 4.69) is 10.6 Å². The number of anilines is 1. The van der Waals surface area contributed by atoms with E-state index in [4.69, 9.17) is 9.47 Å². The molecule has 1 aromatic carbocycles. The molecule has 8 heteroatoms. The van der Waals surface area contributed by atoms with Crippen molar-refractivity contribution < 1.29 is 19.1 Å². The molecule has 0 radical (unpaired) electrons. The first-order valence-electron chi connectivity index (χ1n) is 7.97. The Morgan fingerprint density at radius 1 is 1.15 bits per heavy atom. The summed E-state index contributed by atoms with van der Waals surface area (Å²) in [5.74, 6) is -0.451. The standard InChI is InChI=1S/C18H23N3O4S/c1-21(2)14(16-6-5-9-26-16)11-19-17(22)18(23)20-13-8-7-12(24-3)10-15(13)25-4/h5-10,14H,11H2,1-4H3,(H,19,22)(H,20,23). The number of nitrogens with one attached hydrogen (secondary N) is 2. The highest BCUT2D eigenvalue weighted by atomic mass is 32.1. The van der Waals surface area contributed by atoms with Gasteiger partial charge in [0.05, 0.1) is 25.9 Å². The maximum atomic E-state index is 12.2. The second-order valence-corrected chi connectivity index (χ2v) is 6.70. The highest BCUT2D eigenvalue weighted by Crippen LogP contribution is 2.29. The number of carbonyl (C=O) groups excluding carboxylic acids is 2. The van der Waals surface area contributed by atoms with E-state index in [1.165, 1.54) is 14.2 Å². The molecule has 0 aliphatic rings. The molecule has 0 saturated carbocycles. The molecule has 140 valence electrons. The van der Waals surface area contributed by atoms with Crippen LogP contribution in [0.3, 0.4) is 0 Å². The van der Waals surface area contributed by atoms with Gasteiger partial charge in [-0.2, -0.15) is 0 Å². The van der Waals surface area contributed by atoms with Crippen LogP contribution in [0.25, 0.3) is 0 Å². The Balaban J connectivity index is 1.98. The van der Waals surface area contributed by atoms with Crippen molar-refractivity contribution in [2.45, 2.75) is 6.04 Å². The average molecular weight is 377 g/mol. The summed E-state index contributed by atoms with van der Waals surface area (Å²) in [6.07, 6.45) is 0. The van der Waals surface area contributed by atoms with Crippen LogP contribution in [0, 0.1) is 0 Å². The number of carbonyl (C=O) groups is 2. The van der Waals surface area contributed by atoms with Crippen molar-refractivity contribution in [2.75, 3.05) is 40.2 Å². The van der Waals surface area contributed by atoms with E-state index in [0.717, 1.165) is 4.88 Å². The Morgan fingerprint density at radius 2 is 1.92 bits per heavy atom. The van der Waals surface area contributed by atoms with Crippen LogP contribution in [-0.4, -0.2) is 51.6 Å². The first kappa shape index (κ1) is 19.7. The van der Waals surface area contributed by atoms with Gasteiger partial charge in [-0.05, 0) is 37.7 Å². The maximum Gasteiger partial charge on any atom is 0.313 e. The number of thiophene rings is 1. The number of methoxy groups -OCH3 is 2. The lowest BCUT2D eigenvalue weighted by molar-refractivity contribution is -0.136. The number of ether oxygens (including phenoxy) is 2. The third kappa shape index (κ3) is 4.96. The molecule has 0 aliphatic heterocycles. The number of rotatable bonds is 7. The molecule has 1 atom stereocenters. The first-order chi connectivity index (χ1) is 12.5. The van der Waals surface area contributed by atoms with Crippen molar-refractivity contribution in [1.29, 1.82) is 0 Å². The highest BCUT2D eigenvalue weighted by molar-refractivity contribution is 7.10. The van der Waals surface area contributed by atoms with Gasteiger partial charge in [0.2, 0.25) is 0 Å². The van der Waals surface area contributed by atoms with Gasteiger partial charge >= 0.3 is 11.8 Å². The van der Waals surface area contributed by atoms with Gasteiger partial charge in [-0.25, -0.2) is 0 Å². The smallest absolute Gasteiger partial charge is 0.313 e. The van der Waals surface area contributed by atoms with Crippen LogP contribution in [0.4, 0.5) is 5.69 Å². The third-order valence-corrected chi connectivity index (χ3v) is 4.79. The van der Waals surface area contributed by atoms with E-state index in [9.17, 15) is 9.59 Å². The number of nitrogens with zero attached hydrogens (tertiary/aromatic N) is 1. The van der Waals surface area contributed by atoms with E-state index < -0.39 is 11.8 Å². The molecule has 1 heterocycles. The van der Waals surface area contributed by atoms with Crippen molar-refractivity contribution in [3.63, 3.8) is 0 Å². The van der Waals surface area contributed by atoms with Crippen LogP contribution in [0.1, 0.15) is 10.9 Å². The minimum absolute atomic E-state index is 0.00210. The Kier molecular flexibility index (Phi) is 6.99. The molecular weight excluding hydrogens is 354 g/mol. The van der Waals surface area contributed by atoms with E-state index in [-0.39, 0.29) is 6.04 Å². The highest BCUT2D eigenvalue weighted by Gasteiger charge is 2.20. The molecule has 1 unspecified atom stereocenters. The Bertz CT molecular complexity index is 747. The lowest BCUT2D eigenvalue weighted by Crippen LogP contribution is -2.40. The van der Waals surface area contributed by atoms with E-state index in [1.54, 1.807) is 29.5 Å². The summed E-state index contributed by atoms with van der Waals surface area (Å²) in [6, 6.07) is 8.89. The summed E-state index contributed by atoms with van der Waals surface area (Å²) in [6.45, 7) is 0.333. The summed E-state index contributed by atoms with van der Waals surface area (Å²) in [7, 11) is 6.88. The second-order valence-electron chi connectivity index (χ2n) is 5.73. The molecule has 0 spiro atoms. The molecule has 2 rings (SSSR count). The van der Waals surface area contributed by atoms with Crippen LogP contribution in [0.15, 0.2) is 35.7 Å². The SMILES string of the molecule is COc1ccc(NC(=O)C(=O)NCC(c2cccs2)N(C)C)c(OC)c1. The quantitative estimate of drug-likeness (QED) is 0.723. The molecule has 0 fully saturated rings. The zero-order chi connectivity index (χ0) is 19.1. The van der Waals surface area contributed by atoms with Crippen LogP contribution in [-0.2, 0) is 9.59 Å². The number of likely N-dealkylation sites (N-methyl/N-ethyl adjacent to an activating group) is 1. The second kappa shape index (κ2) is 9.21. The fourth-order valence-corrected chi connectivity index (χ4v) is 3.29. The van der Waals surface area contributed by atoms with Crippen LogP contribution < -0.4 is 20.1 Å². The first-order valence-corrected chi connectivity index (χ1v) is 8.85. The molecule has 2 N–H and O–H groups in total. The minimum atomic E-state index is -0.753. The molecule has 26 heavy (non-hydrogen) atoms. The fraction of sp³-hybridized carbons (Fsp3) is 0.333. The van der Waals surface area contributed by atoms with Crippen molar-refractivity contribution in [2.24, 2.45) is 0 Å². The lowest BCUT2D eigenvalue weighted by atomic mass is 10.2. The summed E-state index contributed by atoms with van der Waals surface area (Å²) in [5.41, 5.74) is 0.399. The Labute approximate surface area is 156 Å². The van der Waals surface area contributed by atoms with Crippen molar-refractivity contribution in [3.05, 3.63) is 40.6 Å². The zero-order valence-corrected chi connectivity index (χ0v) is 16.1. The number of benzene rings is 1. The van der Waals surface area contributed by atoms with Crippen molar-refractivity contribution in [3.8, 4) is 11.5 Å². The fourth-order valence-electron chi connectivity index (χ4n) is 2.37. The van der Waals surface area contributed by atoms with Crippen LogP contribution in [0.2, 0.25) is 0 Å². The van der Waals surface area contributed by atoms with Crippen molar-refractivity contribution >= 4 is 28.8 Å². The van der Waals surface area contributed by atoms with Gasteiger partial charge in [0.15, 0.2) is 0 Å². The summed E-state index contributed by atoms with van der Waals surface area (Å²) in [4.78, 5) is 27.5. The molecule has 7 nitrogen and oxygen atoms in total. The average Bonchev–Trinajstić information content (AvgIpc) is 3.15. The van der Waals surface area contributed by atoms with Crippen molar-refractivity contribution in [1.82, 2.24) is 10.2 Å². The number of hydrogen-bond donors (Lipinski definition) is 2. The minimum Gasteiger partial charge on any atom is -0.497 e. The van der Waals surface area contributed by atoms with Gasteiger partial charge in [0.1, 0.15) is 11.5 Å². The van der Waals surface area contributed by atoms with Gasteiger partial charge < -0.3 is 25.0 Å². The largest absolute Gasteiger partial charge is 0.497 e. The molecule has 1 aromatic heterocycles. The Morgan fingerprint density at radius 3 is 2.50 bits per heavy atom. The van der Waals surface area contributed by atoms with Gasteiger partial charge in [-0.3, -0.25) is 9.59 Å². The van der Waals surface area contributed by atoms with E-state index in [1.807, 2.05) is 36.5 Å². The molecular formula is C18H23N3O4S. The zero-order valence-electron chi connectivity index (χ0n) is 15.2. The monoisotopic (exact) mass is 377 g/mol. The number of hydrogen-bond acceptors (Lipinski definition) is 6. The van der Waals surface area contributed by atoms with Gasteiger partial charge in [0, 0.05) is 17.5 Å². The molecule has 0 saturated heterocycles. The maximum absolute atomic E-state index is 12.2. The summed E-state index contributed by atoms with van der Waals surface area (Å²) < 4.78 is 10.3. The topological polar surface area (TPSA) is 79.9 Å². The van der Waals surface area contributed by atoms with Gasteiger partial charge in [-0.15, -0.1) is 11.3 Å². The molecule has 0 bridgehead atoms. The third-order valence-electron chi connectivity index (χ3n) is 3.81. The number of amides is 2. The Hall–Kier alpha value is -2.58.